The van der Waals surface area contributed by atoms with E-state index in [4.69, 9.17) is 0 Å². The molecule has 90 valence electrons. The molecule has 1 heterocycles. The van der Waals surface area contributed by atoms with Crippen molar-refractivity contribution in [3.05, 3.63) is 24.0 Å². The molecule has 1 aliphatic carbocycles. The van der Waals surface area contributed by atoms with Crippen molar-refractivity contribution in [1.82, 2.24) is 0 Å². The zero-order valence-corrected chi connectivity index (χ0v) is 9.68. The summed E-state index contributed by atoms with van der Waals surface area (Å²) in [6.07, 6.45) is 1.42. The molecule has 17 heavy (non-hydrogen) atoms. The first kappa shape index (κ1) is 10.7. The van der Waals surface area contributed by atoms with Crippen LogP contribution in [0.1, 0.15) is 19.3 Å². The highest BCUT2D eigenvalue weighted by atomic mass is 32.2. The summed E-state index contributed by atoms with van der Waals surface area (Å²) >= 11 is 0. The third kappa shape index (κ3) is 1.16. The van der Waals surface area contributed by atoms with Crippen LogP contribution in [-0.4, -0.2) is 19.1 Å². The number of benzene rings is 1. The van der Waals surface area contributed by atoms with Crippen molar-refractivity contribution >= 4 is 21.4 Å². The van der Waals surface area contributed by atoms with Crippen molar-refractivity contribution < 1.29 is 17.6 Å². The highest BCUT2D eigenvalue weighted by Gasteiger charge is 2.58. The van der Waals surface area contributed by atoms with Crippen molar-refractivity contribution in [2.75, 3.05) is 5.32 Å². The van der Waals surface area contributed by atoms with Crippen molar-refractivity contribution in [3.63, 3.8) is 0 Å². The molecule has 1 amide bonds. The lowest BCUT2D eigenvalue weighted by Gasteiger charge is -2.42. The maximum absolute atomic E-state index is 13.0. The Morgan fingerprint density at radius 1 is 1.29 bits per heavy atom. The lowest BCUT2D eigenvalue weighted by Crippen LogP contribution is -2.57. The summed E-state index contributed by atoms with van der Waals surface area (Å²) < 4.78 is 36.4. The minimum absolute atomic E-state index is 0.0261. The van der Waals surface area contributed by atoms with Gasteiger partial charge in [0, 0.05) is 0 Å². The lowest BCUT2D eigenvalue weighted by molar-refractivity contribution is -0.120. The summed E-state index contributed by atoms with van der Waals surface area (Å²) in [5.74, 6) is -1.09. The smallest absolute Gasteiger partial charge is 0.246 e. The van der Waals surface area contributed by atoms with E-state index in [9.17, 15) is 17.6 Å². The Labute approximate surface area is 97.7 Å². The van der Waals surface area contributed by atoms with Crippen LogP contribution in [0, 0.1) is 5.82 Å². The van der Waals surface area contributed by atoms with Gasteiger partial charge in [0.2, 0.25) is 5.91 Å². The minimum atomic E-state index is -3.69. The number of carbonyl (C=O) groups is 1. The third-order valence-electron chi connectivity index (χ3n) is 3.57. The van der Waals surface area contributed by atoms with E-state index in [1.807, 2.05) is 0 Å². The number of carbonyl (C=O) groups excluding carboxylic acids is 1. The first-order valence-corrected chi connectivity index (χ1v) is 6.81. The van der Waals surface area contributed by atoms with Crippen LogP contribution in [0.15, 0.2) is 23.1 Å². The quantitative estimate of drug-likeness (QED) is 0.714. The zero-order valence-electron chi connectivity index (χ0n) is 8.86. The molecule has 1 saturated carbocycles. The number of hydrogen-bond donors (Lipinski definition) is 1. The molecule has 0 bridgehead atoms. The van der Waals surface area contributed by atoms with Gasteiger partial charge in [-0.05, 0) is 37.5 Å². The second-order valence-electron chi connectivity index (χ2n) is 4.45. The van der Waals surface area contributed by atoms with Crippen molar-refractivity contribution in [1.29, 1.82) is 0 Å². The Kier molecular flexibility index (Phi) is 1.93. The lowest BCUT2D eigenvalue weighted by atomic mass is 9.83. The van der Waals surface area contributed by atoms with Gasteiger partial charge in [0.05, 0.1) is 10.6 Å². The van der Waals surface area contributed by atoms with Crippen LogP contribution in [-0.2, 0) is 14.6 Å². The molecule has 0 unspecified atom stereocenters. The maximum atomic E-state index is 13.0. The van der Waals surface area contributed by atoms with Gasteiger partial charge in [-0.15, -0.1) is 0 Å². The highest BCUT2D eigenvalue weighted by molar-refractivity contribution is 7.94. The van der Waals surface area contributed by atoms with E-state index < -0.39 is 26.3 Å². The van der Waals surface area contributed by atoms with E-state index in [1.165, 1.54) is 6.07 Å². The van der Waals surface area contributed by atoms with E-state index in [-0.39, 0.29) is 10.6 Å². The van der Waals surface area contributed by atoms with E-state index in [1.54, 1.807) is 0 Å². The Bertz CT molecular complexity index is 620. The van der Waals surface area contributed by atoms with Crippen LogP contribution in [0.5, 0.6) is 0 Å². The fourth-order valence-corrected chi connectivity index (χ4v) is 4.59. The van der Waals surface area contributed by atoms with Gasteiger partial charge in [-0.25, -0.2) is 12.8 Å². The minimum Gasteiger partial charge on any atom is -0.323 e. The van der Waals surface area contributed by atoms with Gasteiger partial charge in [0.1, 0.15) is 5.82 Å². The number of amides is 1. The third-order valence-corrected chi connectivity index (χ3v) is 6.13. The van der Waals surface area contributed by atoms with Gasteiger partial charge in [-0.1, -0.05) is 0 Å². The van der Waals surface area contributed by atoms with E-state index >= 15 is 0 Å². The van der Waals surface area contributed by atoms with Crippen LogP contribution >= 0.6 is 0 Å². The summed E-state index contributed by atoms with van der Waals surface area (Å²) in [7, 11) is -3.69. The second-order valence-corrected chi connectivity index (χ2v) is 6.67. The second kappa shape index (κ2) is 3.07. The number of halogens is 1. The molecule has 1 fully saturated rings. The number of fused-ring (bicyclic) bond motifs is 1. The Hall–Kier alpha value is -1.43. The van der Waals surface area contributed by atoms with Gasteiger partial charge in [-0.2, -0.15) is 0 Å². The average Bonchev–Trinajstić information content (AvgIpc) is 2.12. The number of nitrogens with one attached hydrogen (secondary N) is 1. The van der Waals surface area contributed by atoms with Crippen molar-refractivity contribution in [3.8, 4) is 0 Å². The molecular formula is C11H10FNO3S. The Morgan fingerprint density at radius 2 is 2.00 bits per heavy atom. The first-order valence-electron chi connectivity index (χ1n) is 5.33. The molecule has 0 atom stereocenters. The molecule has 1 aliphatic heterocycles. The summed E-state index contributed by atoms with van der Waals surface area (Å²) in [6.45, 7) is 0. The van der Waals surface area contributed by atoms with Crippen LogP contribution in [0.2, 0.25) is 0 Å². The van der Waals surface area contributed by atoms with Crippen LogP contribution < -0.4 is 5.32 Å². The number of sulfone groups is 1. The van der Waals surface area contributed by atoms with E-state index in [0.29, 0.717) is 12.8 Å². The molecule has 1 aromatic rings. The normalized spacial score (nSPS) is 23.7. The number of rotatable bonds is 0. The van der Waals surface area contributed by atoms with Gasteiger partial charge < -0.3 is 5.32 Å². The molecule has 0 radical (unpaired) electrons. The van der Waals surface area contributed by atoms with Crippen molar-refractivity contribution in [2.45, 2.75) is 28.9 Å². The topological polar surface area (TPSA) is 63.2 Å². The predicted octanol–water partition coefficient (Wildman–Crippen LogP) is 1.47. The highest BCUT2D eigenvalue weighted by Crippen LogP contribution is 2.48. The van der Waals surface area contributed by atoms with Gasteiger partial charge in [-0.3, -0.25) is 4.79 Å². The summed E-state index contributed by atoms with van der Waals surface area (Å²) in [5, 5.41) is 2.49. The zero-order chi connectivity index (χ0) is 12.3. The van der Waals surface area contributed by atoms with E-state index in [0.717, 1.165) is 18.6 Å². The van der Waals surface area contributed by atoms with Crippen LogP contribution in [0.25, 0.3) is 0 Å². The number of anilines is 1. The summed E-state index contributed by atoms with van der Waals surface area (Å²) in [4.78, 5) is 11.9. The maximum Gasteiger partial charge on any atom is 0.246 e. The predicted molar refractivity (Wildman–Crippen MR) is 58.8 cm³/mol. The number of hydrogen-bond acceptors (Lipinski definition) is 3. The summed E-state index contributed by atoms with van der Waals surface area (Å²) in [6, 6.07) is 3.36. The van der Waals surface area contributed by atoms with Crippen LogP contribution in [0.3, 0.4) is 0 Å². The Morgan fingerprint density at radius 3 is 2.59 bits per heavy atom. The van der Waals surface area contributed by atoms with Crippen molar-refractivity contribution in [2.24, 2.45) is 0 Å². The van der Waals surface area contributed by atoms with Gasteiger partial charge >= 0.3 is 0 Å². The molecule has 0 aromatic heterocycles. The average molecular weight is 255 g/mol. The molecule has 6 heteroatoms. The van der Waals surface area contributed by atoms with Gasteiger partial charge in [0.25, 0.3) is 0 Å². The molecule has 0 saturated heterocycles. The molecule has 2 aliphatic rings. The first-order chi connectivity index (χ1) is 7.97. The van der Waals surface area contributed by atoms with Crippen LogP contribution in [0.4, 0.5) is 10.1 Å². The largest absolute Gasteiger partial charge is 0.323 e. The Balaban J connectivity index is 2.27. The molecule has 1 N–H and O–H groups in total. The summed E-state index contributed by atoms with van der Waals surface area (Å²) in [5.41, 5.74) is 0.0486. The molecule has 1 spiro atoms. The van der Waals surface area contributed by atoms with E-state index in [2.05, 4.69) is 5.32 Å². The molecular weight excluding hydrogens is 245 g/mol. The standard InChI is InChI=1S/C11H10FNO3S/c12-7-2-3-9-8(6-7)13-10(14)11(4-1-5-11)17(9,15)16/h2-3,6H,1,4-5H2,(H,13,14). The SMILES string of the molecule is O=C1Nc2cc(F)ccc2S(=O)(=O)C12CCC2. The fraction of sp³-hybridized carbons (Fsp3) is 0.364. The molecule has 1 aromatic carbocycles. The fourth-order valence-electron chi connectivity index (χ4n) is 2.40. The molecule has 4 nitrogen and oxygen atoms in total. The van der Waals surface area contributed by atoms with Gasteiger partial charge in [0.15, 0.2) is 14.6 Å². The monoisotopic (exact) mass is 255 g/mol. The molecule has 3 rings (SSSR count).